The number of benzene rings is 2. The number of hydrogen-bond donors (Lipinski definition) is 3. The second-order valence-electron chi connectivity index (χ2n) is 5.21. The van der Waals surface area contributed by atoms with Crippen molar-refractivity contribution in [3.05, 3.63) is 65.7 Å². The smallest absolute Gasteiger partial charge is 0.241 e. The Morgan fingerprint density at radius 1 is 1.04 bits per heavy atom. The molecule has 0 unspecified atom stereocenters. The first-order valence-electron chi connectivity index (χ1n) is 7.70. The summed E-state index contributed by atoms with van der Waals surface area (Å²) >= 11 is 5.11. The summed E-state index contributed by atoms with van der Waals surface area (Å²) in [5, 5.41) is 3.39. The topological polar surface area (TPSA) is 62.4 Å². The molecule has 0 spiro atoms. The zero-order valence-corrected chi connectivity index (χ0v) is 14.4. The minimum absolute atomic E-state index is 0.188. The van der Waals surface area contributed by atoms with Gasteiger partial charge in [-0.25, -0.2) is 0 Å². The summed E-state index contributed by atoms with van der Waals surface area (Å²) < 4.78 is 5.58. The van der Waals surface area contributed by atoms with Crippen molar-refractivity contribution < 1.29 is 9.53 Å². The number of hydrogen-bond acceptors (Lipinski definition) is 3. The molecule has 0 aliphatic carbocycles. The maximum Gasteiger partial charge on any atom is 0.241 e. The van der Waals surface area contributed by atoms with Crippen LogP contribution >= 0.6 is 12.2 Å². The Morgan fingerprint density at radius 2 is 1.75 bits per heavy atom. The van der Waals surface area contributed by atoms with Crippen molar-refractivity contribution >= 4 is 23.2 Å². The number of nitrogens with one attached hydrogen (secondary N) is 3. The summed E-state index contributed by atoms with van der Waals surface area (Å²) in [4.78, 5) is 11.8. The fourth-order valence-electron chi connectivity index (χ4n) is 1.98. The number of hydrazine groups is 1. The summed E-state index contributed by atoms with van der Waals surface area (Å²) in [6, 6.07) is 17.6. The number of carbonyl (C=O) groups is 1. The second-order valence-corrected chi connectivity index (χ2v) is 5.61. The van der Waals surface area contributed by atoms with Gasteiger partial charge in [0.1, 0.15) is 5.75 Å². The van der Waals surface area contributed by atoms with Crippen molar-refractivity contribution in [2.75, 3.05) is 6.61 Å². The number of amides is 1. The Bertz CT molecular complexity index is 677. The van der Waals surface area contributed by atoms with Crippen molar-refractivity contribution in [1.29, 1.82) is 0 Å². The van der Waals surface area contributed by atoms with E-state index in [0.717, 1.165) is 16.9 Å². The summed E-state index contributed by atoms with van der Waals surface area (Å²) in [5.41, 5.74) is 7.38. The molecule has 2 aromatic carbocycles. The van der Waals surface area contributed by atoms with Gasteiger partial charge in [-0.15, -0.1) is 0 Å². The van der Waals surface area contributed by atoms with Crippen LogP contribution in [0.4, 0.5) is 0 Å². The van der Waals surface area contributed by atoms with E-state index in [1.807, 2.05) is 61.5 Å². The third kappa shape index (κ3) is 6.26. The normalized spacial score (nSPS) is 9.88. The molecule has 0 radical (unpaired) electrons. The molecule has 0 saturated carbocycles. The Balaban J connectivity index is 1.60. The summed E-state index contributed by atoms with van der Waals surface area (Å²) in [6.07, 6.45) is 0.239. The van der Waals surface area contributed by atoms with Crippen molar-refractivity contribution in [2.45, 2.75) is 19.9 Å². The third-order valence-electron chi connectivity index (χ3n) is 3.29. The molecule has 0 aromatic heterocycles. The lowest BCUT2D eigenvalue weighted by Crippen LogP contribution is -2.46. The first kappa shape index (κ1) is 17.7. The molecule has 0 saturated heterocycles. The molecule has 0 bridgehead atoms. The van der Waals surface area contributed by atoms with Crippen molar-refractivity contribution in [3.8, 4) is 5.75 Å². The van der Waals surface area contributed by atoms with E-state index in [0.29, 0.717) is 18.3 Å². The maximum atomic E-state index is 11.8. The van der Waals surface area contributed by atoms with Gasteiger partial charge in [0, 0.05) is 6.54 Å². The molecule has 0 atom stereocenters. The zero-order chi connectivity index (χ0) is 17.2. The molecule has 1 amide bonds. The van der Waals surface area contributed by atoms with Gasteiger partial charge in [-0.2, -0.15) is 0 Å². The molecule has 0 aliphatic heterocycles. The standard InChI is InChI=1S/C18H21N3O2S/c1-14-7-5-6-10-16(14)23-12-11-17(22)20-21-18(24)19-13-15-8-3-2-4-9-15/h2-10H,11-13H2,1H3,(H,20,22)(H2,19,21,24). The quantitative estimate of drug-likeness (QED) is 0.556. The molecular formula is C18H21N3O2S. The van der Waals surface area contributed by atoms with Gasteiger partial charge in [-0.05, 0) is 36.3 Å². The molecule has 126 valence electrons. The van der Waals surface area contributed by atoms with E-state index in [4.69, 9.17) is 17.0 Å². The molecule has 2 rings (SSSR count). The molecule has 3 N–H and O–H groups in total. The zero-order valence-electron chi connectivity index (χ0n) is 13.5. The van der Waals surface area contributed by atoms with Gasteiger partial charge in [-0.1, -0.05) is 48.5 Å². The van der Waals surface area contributed by atoms with E-state index in [-0.39, 0.29) is 12.3 Å². The summed E-state index contributed by atoms with van der Waals surface area (Å²) in [7, 11) is 0. The van der Waals surface area contributed by atoms with Crippen LogP contribution in [0.1, 0.15) is 17.5 Å². The highest BCUT2D eigenvalue weighted by atomic mass is 32.1. The van der Waals surface area contributed by atoms with E-state index in [1.54, 1.807) is 0 Å². The van der Waals surface area contributed by atoms with Gasteiger partial charge < -0.3 is 10.1 Å². The van der Waals surface area contributed by atoms with E-state index in [1.165, 1.54) is 0 Å². The van der Waals surface area contributed by atoms with Crippen molar-refractivity contribution in [3.63, 3.8) is 0 Å². The molecular weight excluding hydrogens is 322 g/mol. The minimum atomic E-state index is -0.188. The first-order valence-corrected chi connectivity index (χ1v) is 8.11. The van der Waals surface area contributed by atoms with Crippen LogP contribution in [0.5, 0.6) is 5.75 Å². The Morgan fingerprint density at radius 3 is 2.50 bits per heavy atom. The third-order valence-corrected chi connectivity index (χ3v) is 3.54. The highest BCUT2D eigenvalue weighted by molar-refractivity contribution is 7.80. The number of carbonyl (C=O) groups excluding carboxylic acids is 1. The van der Waals surface area contributed by atoms with Gasteiger partial charge in [0.05, 0.1) is 13.0 Å². The predicted molar refractivity (Wildman–Crippen MR) is 98.4 cm³/mol. The fraction of sp³-hybridized carbons (Fsp3) is 0.222. The molecule has 0 aliphatic rings. The lowest BCUT2D eigenvalue weighted by Gasteiger charge is -2.12. The van der Waals surface area contributed by atoms with Crippen LogP contribution in [0.2, 0.25) is 0 Å². The maximum absolute atomic E-state index is 11.8. The molecule has 24 heavy (non-hydrogen) atoms. The molecule has 0 fully saturated rings. The largest absolute Gasteiger partial charge is 0.493 e. The monoisotopic (exact) mass is 343 g/mol. The highest BCUT2D eigenvalue weighted by Gasteiger charge is 2.04. The van der Waals surface area contributed by atoms with Gasteiger partial charge in [0.2, 0.25) is 5.91 Å². The van der Waals surface area contributed by atoms with Crippen LogP contribution in [0.15, 0.2) is 54.6 Å². The summed E-state index contributed by atoms with van der Waals surface area (Å²) in [5.74, 6) is 0.603. The van der Waals surface area contributed by atoms with Crippen molar-refractivity contribution in [1.82, 2.24) is 16.2 Å². The number of ether oxygens (including phenoxy) is 1. The van der Waals surface area contributed by atoms with E-state index in [9.17, 15) is 4.79 Å². The Labute approximate surface area is 147 Å². The van der Waals surface area contributed by atoms with Crippen LogP contribution in [-0.4, -0.2) is 17.6 Å². The van der Waals surface area contributed by atoms with Gasteiger partial charge in [-0.3, -0.25) is 15.6 Å². The van der Waals surface area contributed by atoms with Crippen LogP contribution < -0.4 is 20.9 Å². The number of para-hydroxylation sites is 1. The van der Waals surface area contributed by atoms with Gasteiger partial charge >= 0.3 is 0 Å². The predicted octanol–water partition coefficient (Wildman–Crippen LogP) is 2.46. The molecule has 0 heterocycles. The Kier molecular flexibility index (Phi) is 7.04. The highest BCUT2D eigenvalue weighted by Crippen LogP contribution is 2.15. The lowest BCUT2D eigenvalue weighted by molar-refractivity contribution is -0.122. The molecule has 6 heteroatoms. The fourth-order valence-corrected chi connectivity index (χ4v) is 2.11. The minimum Gasteiger partial charge on any atom is -0.493 e. The van der Waals surface area contributed by atoms with E-state index >= 15 is 0 Å². The molecule has 2 aromatic rings. The summed E-state index contributed by atoms with van der Waals surface area (Å²) in [6.45, 7) is 2.87. The van der Waals surface area contributed by atoms with Gasteiger partial charge in [0.15, 0.2) is 5.11 Å². The van der Waals surface area contributed by atoms with Crippen LogP contribution in [0.3, 0.4) is 0 Å². The number of rotatable bonds is 6. The van der Waals surface area contributed by atoms with Crippen LogP contribution in [0, 0.1) is 6.92 Å². The second kappa shape index (κ2) is 9.52. The van der Waals surface area contributed by atoms with E-state index < -0.39 is 0 Å². The Hall–Kier alpha value is -2.60. The van der Waals surface area contributed by atoms with Crippen LogP contribution in [-0.2, 0) is 11.3 Å². The van der Waals surface area contributed by atoms with E-state index in [2.05, 4.69) is 16.2 Å². The first-order chi connectivity index (χ1) is 11.6. The number of thiocarbonyl (C=S) groups is 1. The van der Waals surface area contributed by atoms with Crippen molar-refractivity contribution in [2.24, 2.45) is 0 Å². The number of aryl methyl sites for hydroxylation is 1. The lowest BCUT2D eigenvalue weighted by atomic mass is 10.2. The average Bonchev–Trinajstić information content (AvgIpc) is 2.61. The van der Waals surface area contributed by atoms with Gasteiger partial charge in [0.25, 0.3) is 0 Å². The molecule has 5 nitrogen and oxygen atoms in total. The van der Waals surface area contributed by atoms with Crippen LogP contribution in [0.25, 0.3) is 0 Å². The SMILES string of the molecule is Cc1ccccc1OCCC(=O)NNC(=S)NCc1ccccc1. The average molecular weight is 343 g/mol.